The standard InChI is InChI=1S/C18H16BrNO3S2/c19-13-3-6-16(7-4-13)25(22)12-14-5-8-17(23-14)18(21)20-10-9-15-2-1-11-24-15/h1-8,11H,9-10,12H2,(H,20,21)/t25-/m1/s1. The van der Waals surface area contributed by atoms with Crippen molar-refractivity contribution in [1.29, 1.82) is 0 Å². The molecule has 0 bridgehead atoms. The number of hydrogen-bond donors (Lipinski definition) is 1. The van der Waals surface area contributed by atoms with Crippen molar-refractivity contribution in [3.05, 3.63) is 74.8 Å². The number of amides is 1. The van der Waals surface area contributed by atoms with Crippen LogP contribution in [0.1, 0.15) is 21.2 Å². The zero-order valence-corrected chi connectivity index (χ0v) is 16.5. The van der Waals surface area contributed by atoms with Crippen LogP contribution >= 0.6 is 27.3 Å². The van der Waals surface area contributed by atoms with Gasteiger partial charge in [0.2, 0.25) is 0 Å². The van der Waals surface area contributed by atoms with E-state index < -0.39 is 10.8 Å². The second-order valence-corrected chi connectivity index (χ2v) is 8.69. The minimum absolute atomic E-state index is 0.240. The van der Waals surface area contributed by atoms with Gasteiger partial charge < -0.3 is 9.73 Å². The highest BCUT2D eigenvalue weighted by atomic mass is 79.9. The highest BCUT2D eigenvalue weighted by molar-refractivity contribution is 9.10. The molecule has 2 heterocycles. The molecule has 1 amide bonds. The molecule has 1 aromatic carbocycles. The van der Waals surface area contributed by atoms with Gasteiger partial charge in [0.25, 0.3) is 5.91 Å². The molecular weight excluding hydrogens is 422 g/mol. The predicted molar refractivity (Wildman–Crippen MR) is 103 cm³/mol. The van der Waals surface area contributed by atoms with Gasteiger partial charge in [-0.2, -0.15) is 0 Å². The molecule has 3 rings (SSSR count). The van der Waals surface area contributed by atoms with Gasteiger partial charge in [-0.15, -0.1) is 11.3 Å². The summed E-state index contributed by atoms with van der Waals surface area (Å²) in [5.41, 5.74) is 0. The molecule has 3 aromatic rings. The fraction of sp³-hybridized carbons (Fsp3) is 0.167. The molecule has 130 valence electrons. The number of carbonyl (C=O) groups is 1. The zero-order valence-electron chi connectivity index (χ0n) is 13.2. The van der Waals surface area contributed by atoms with E-state index in [2.05, 4.69) is 21.2 Å². The van der Waals surface area contributed by atoms with E-state index >= 15 is 0 Å². The lowest BCUT2D eigenvalue weighted by molar-refractivity contribution is 0.0925. The Morgan fingerprint density at radius 1 is 1.16 bits per heavy atom. The number of hydrogen-bond acceptors (Lipinski definition) is 4. The first-order chi connectivity index (χ1) is 12.1. The molecule has 0 aliphatic heterocycles. The number of rotatable bonds is 7. The third-order valence-corrected chi connectivity index (χ3v) is 6.28. The van der Waals surface area contributed by atoms with Gasteiger partial charge in [0.15, 0.2) is 5.76 Å². The summed E-state index contributed by atoms with van der Waals surface area (Å²) in [4.78, 5) is 14.0. The van der Waals surface area contributed by atoms with Crippen LogP contribution < -0.4 is 5.32 Å². The van der Waals surface area contributed by atoms with Crippen LogP contribution in [0.3, 0.4) is 0 Å². The molecule has 0 fully saturated rings. The van der Waals surface area contributed by atoms with Crippen molar-refractivity contribution in [2.24, 2.45) is 0 Å². The molecule has 25 heavy (non-hydrogen) atoms. The molecular formula is C18H16BrNO3S2. The highest BCUT2D eigenvalue weighted by Gasteiger charge is 2.13. The Bertz CT molecular complexity index is 857. The van der Waals surface area contributed by atoms with Crippen LogP contribution in [0.15, 0.2) is 67.7 Å². The molecule has 2 aromatic heterocycles. The van der Waals surface area contributed by atoms with E-state index in [9.17, 15) is 9.00 Å². The van der Waals surface area contributed by atoms with Crippen molar-refractivity contribution in [3.8, 4) is 0 Å². The summed E-state index contributed by atoms with van der Waals surface area (Å²) in [6.45, 7) is 0.556. The molecule has 0 aliphatic carbocycles. The fourth-order valence-electron chi connectivity index (χ4n) is 2.22. The van der Waals surface area contributed by atoms with Crippen molar-refractivity contribution >= 4 is 44.0 Å². The average molecular weight is 438 g/mol. The summed E-state index contributed by atoms with van der Waals surface area (Å²) in [5, 5.41) is 4.85. The molecule has 0 spiro atoms. The fourth-order valence-corrected chi connectivity index (χ4v) is 4.21. The summed E-state index contributed by atoms with van der Waals surface area (Å²) in [6, 6.07) is 14.7. The van der Waals surface area contributed by atoms with Crippen LogP contribution in [-0.2, 0) is 23.0 Å². The summed E-state index contributed by atoms with van der Waals surface area (Å²) < 4.78 is 18.8. The Hall–Kier alpha value is -1.70. The Labute approximate surface area is 160 Å². The van der Waals surface area contributed by atoms with Crippen LogP contribution in [0, 0.1) is 0 Å². The third kappa shape index (κ3) is 5.14. The SMILES string of the molecule is O=C(NCCc1cccs1)c1ccc(C[S@@](=O)c2ccc(Br)cc2)o1. The van der Waals surface area contributed by atoms with Gasteiger partial charge >= 0.3 is 0 Å². The molecule has 4 nitrogen and oxygen atoms in total. The predicted octanol–water partition coefficient (Wildman–Crippen LogP) is 4.38. The van der Waals surface area contributed by atoms with Gasteiger partial charge in [-0.3, -0.25) is 9.00 Å². The van der Waals surface area contributed by atoms with E-state index in [0.29, 0.717) is 12.3 Å². The molecule has 0 radical (unpaired) electrons. The Morgan fingerprint density at radius 3 is 2.68 bits per heavy atom. The molecule has 1 atom stereocenters. The lowest BCUT2D eigenvalue weighted by atomic mass is 10.3. The first-order valence-electron chi connectivity index (χ1n) is 7.65. The van der Waals surface area contributed by atoms with Gasteiger partial charge in [-0.1, -0.05) is 22.0 Å². The number of thiophene rings is 1. The normalized spacial score (nSPS) is 12.0. The smallest absolute Gasteiger partial charge is 0.287 e. The Balaban J connectivity index is 1.53. The number of furan rings is 1. The van der Waals surface area contributed by atoms with Gasteiger partial charge in [0, 0.05) is 20.8 Å². The van der Waals surface area contributed by atoms with Crippen LogP contribution in [-0.4, -0.2) is 16.7 Å². The van der Waals surface area contributed by atoms with Crippen LogP contribution in [0.4, 0.5) is 0 Å². The molecule has 0 unspecified atom stereocenters. The minimum Gasteiger partial charge on any atom is -0.455 e. The topological polar surface area (TPSA) is 59.3 Å². The van der Waals surface area contributed by atoms with E-state index in [1.165, 1.54) is 4.88 Å². The second-order valence-electron chi connectivity index (χ2n) is 5.30. The second kappa shape index (κ2) is 8.60. The van der Waals surface area contributed by atoms with Gasteiger partial charge in [0.05, 0.1) is 16.6 Å². The number of benzene rings is 1. The summed E-state index contributed by atoms with van der Waals surface area (Å²) in [6.07, 6.45) is 0.796. The van der Waals surface area contributed by atoms with Gasteiger partial charge in [-0.05, 0) is 54.3 Å². The first-order valence-corrected chi connectivity index (χ1v) is 10.6. The molecule has 0 saturated carbocycles. The molecule has 0 aliphatic rings. The molecule has 7 heteroatoms. The third-order valence-electron chi connectivity index (χ3n) is 3.47. The quantitative estimate of drug-likeness (QED) is 0.596. The van der Waals surface area contributed by atoms with E-state index in [1.54, 1.807) is 35.6 Å². The van der Waals surface area contributed by atoms with Crippen LogP contribution in [0.25, 0.3) is 0 Å². The van der Waals surface area contributed by atoms with Crippen molar-refractivity contribution in [2.75, 3.05) is 6.54 Å². The van der Waals surface area contributed by atoms with Crippen LogP contribution in [0.5, 0.6) is 0 Å². The first kappa shape index (κ1) is 18.1. The van der Waals surface area contributed by atoms with E-state index in [-0.39, 0.29) is 17.4 Å². The lowest BCUT2D eigenvalue weighted by Gasteiger charge is -2.02. The molecule has 1 N–H and O–H groups in total. The number of carbonyl (C=O) groups excluding carboxylic acids is 1. The number of halogens is 1. The van der Waals surface area contributed by atoms with Gasteiger partial charge in [0.1, 0.15) is 5.76 Å². The summed E-state index contributed by atoms with van der Waals surface area (Å²) in [5.74, 6) is 0.764. The zero-order chi connectivity index (χ0) is 17.6. The van der Waals surface area contributed by atoms with Crippen molar-refractivity contribution in [2.45, 2.75) is 17.1 Å². The van der Waals surface area contributed by atoms with Gasteiger partial charge in [-0.25, -0.2) is 0 Å². The minimum atomic E-state index is -1.21. The maximum Gasteiger partial charge on any atom is 0.287 e. The maximum absolute atomic E-state index is 12.3. The van der Waals surface area contributed by atoms with Crippen molar-refractivity contribution in [3.63, 3.8) is 0 Å². The van der Waals surface area contributed by atoms with E-state index in [0.717, 1.165) is 15.8 Å². The van der Waals surface area contributed by atoms with Crippen molar-refractivity contribution in [1.82, 2.24) is 5.32 Å². The van der Waals surface area contributed by atoms with Crippen molar-refractivity contribution < 1.29 is 13.4 Å². The largest absolute Gasteiger partial charge is 0.455 e. The maximum atomic E-state index is 12.3. The highest BCUT2D eigenvalue weighted by Crippen LogP contribution is 2.18. The van der Waals surface area contributed by atoms with Crippen LogP contribution in [0.2, 0.25) is 0 Å². The average Bonchev–Trinajstić information content (AvgIpc) is 3.27. The molecule has 0 saturated heterocycles. The number of nitrogens with one attached hydrogen (secondary N) is 1. The van der Waals surface area contributed by atoms with E-state index in [1.807, 2.05) is 29.6 Å². The Morgan fingerprint density at radius 2 is 1.96 bits per heavy atom. The van der Waals surface area contributed by atoms with E-state index in [4.69, 9.17) is 4.42 Å². The summed E-state index contributed by atoms with van der Waals surface area (Å²) >= 11 is 5.02. The Kier molecular flexibility index (Phi) is 6.23. The lowest BCUT2D eigenvalue weighted by Crippen LogP contribution is -2.25. The monoisotopic (exact) mass is 437 g/mol. The summed E-state index contributed by atoms with van der Waals surface area (Å²) in [7, 11) is -1.21.